The largest absolute Gasteiger partial charge is 0.289 e. The molecule has 3 aromatic rings. The lowest BCUT2D eigenvalue weighted by Gasteiger charge is -2.19. The van der Waals surface area contributed by atoms with Crippen LogP contribution in [-0.2, 0) is 24.2 Å². The fourth-order valence-corrected chi connectivity index (χ4v) is 3.93. The Bertz CT molecular complexity index is 955. The van der Waals surface area contributed by atoms with Gasteiger partial charge in [-0.1, -0.05) is 48.5 Å². The lowest BCUT2D eigenvalue weighted by Crippen LogP contribution is -2.30. The minimum absolute atomic E-state index is 0.141. The SMILES string of the molecule is O=C(NO)[C@@H]1c2cn(Cc3ccccc3)nc2CC1Cc1ccccc1F. The first kappa shape index (κ1) is 17.4. The summed E-state index contributed by atoms with van der Waals surface area (Å²) in [6, 6.07) is 16.5. The first-order valence-electron chi connectivity index (χ1n) is 8.93. The second-order valence-electron chi connectivity index (χ2n) is 6.93. The van der Waals surface area contributed by atoms with Gasteiger partial charge in [0.25, 0.3) is 5.91 Å². The number of nitrogens with one attached hydrogen (secondary N) is 1. The molecule has 1 aromatic heterocycles. The molecule has 27 heavy (non-hydrogen) atoms. The summed E-state index contributed by atoms with van der Waals surface area (Å²) in [5.41, 5.74) is 5.09. The van der Waals surface area contributed by atoms with Crippen molar-refractivity contribution in [3.8, 4) is 0 Å². The summed E-state index contributed by atoms with van der Waals surface area (Å²) >= 11 is 0. The van der Waals surface area contributed by atoms with Gasteiger partial charge in [0, 0.05) is 11.8 Å². The van der Waals surface area contributed by atoms with Gasteiger partial charge in [-0.2, -0.15) is 5.10 Å². The number of nitrogens with zero attached hydrogens (tertiary/aromatic N) is 2. The number of aromatic nitrogens is 2. The van der Waals surface area contributed by atoms with Gasteiger partial charge in [-0.3, -0.25) is 14.7 Å². The summed E-state index contributed by atoms with van der Waals surface area (Å²) in [7, 11) is 0. The van der Waals surface area contributed by atoms with Gasteiger partial charge in [0.2, 0.25) is 0 Å². The molecule has 1 unspecified atom stereocenters. The smallest absolute Gasteiger partial charge is 0.251 e. The minimum atomic E-state index is -0.547. The van der Waals surface area contributed by atoms with Gasteiger partial charge in [0.05, 0.1) is 18.2 Å². The third kappa shape index (κ3) is 3.48. The van der Waals surface area contributed by atoms with Gasteiger partial charge < -0.3 is 0 Å². The molecule has 2 atom stereocenters. The average Bonchev–Trinajstić information content (AvgIpc) is 3.20. The second-order valence-corrected chi connectivity index (χ2v) is 6.93. The number of rotatable bonds is 5. The highest BCUT2D eigenvalue weighted by molar-refractivity contribution is 5.84. The molecule has 4 rings (SSSR count). The molecule has 0 bridgehead atoms. The quantitative estimate of drug-likeness (QED) is 0.539. The minimum Gasteiger partial charge on any atom is -0.289 e. The highest BCUT2D eigenvalue weighted by Gasteiger charge is 2.40. The standard InChI is InChI=1S/C21H20FN3O2/c22-18-9-5-4-8-15(18)10-16-11-19-17(20(16)21(26)24-27)13-25(23-19)12-14-6-2-1-3-7-14/h1-9,13,16,20,27H,10-12H2,(H,24,26)/t16?,20-/m0/s1. The Morgan fingerprint density at radius 3 is 2.67 bits per heavy atom. The number of fused-ring (bicyclic) bond motifs is 1. The Balaban J connectivity index is 1.59. The molecule has 1 amide bonds. The van der Waals surface area contributed by atoms with Crippen LogP contribution in [0.15, 0.2) is 60.8 Å². The van der Waals surface area contributed by atoms with Crippen LogP contribution < -0.4 is 5.48 Å². The van der Waals surface area contributed by atoms with Crippen LogP contribution in [0.4, 0.5) is 4.39 Å². The van der Waals surface area contributed by atoms with Crippen LogP contribution in [-0.4, -0.2) is 20.9 Å². The van der Waals surface area contributed by atoms with E-state index in [-0.39, 0.29) is 11.7 Å². The Kier molecular flexibility index (Phi) is 4.73. The van der Waals surface area contributed by atoms with Gasteiger partial charge in [-0.15, -0.1) is 0 Å². The Morgan fingerprint density at radius 1 is 1.19 bits per heavy atom. The fraction of sp³-hybridized carbons (Fsp3) is 0.238. The molecule has 0 aliphatic heterocycles. The van der Waals surface area contributed by atoms with E-state index >= 15 is 0 Å². The maximum atomic E-state index is 14.0. The molecule has 0 radical (unpaired) electrons. The van der Waals surface area contributed by atoms with E-state index in [2.05, 4.69) is 5.10 Å². The summed E-state index contributed by atoms with van der Waals surface area (Å²) in [5, 5.41) is 13.8. The first-order valence-corrected chi connectivity index (χ1v) is 8.93. The first-order chi connectivity index (χ1) is 13.2. The van der Waals surface area contributed by atoms with Crippen LogP contribution in [0.2, 0.25) is 0 Å². The molecule has 0 saturated carbocycles. The van der Waals surface area contributed by atoms with E-state index in [1.54, 1.807) is 23.7 Å². The zero-order valence-corrected chi connectivity index (χ0v) is 14.7. The number of hydrogen-bond donors (Lipinski definition) is 2. The Morgan fingerprint density at radius 2 is 1.93 bits per heavy atom. The van der Waals surface area contributed by atoms with Crippen molar-refractivity contribution in [1.82, 2.24) is 15.3 Å². The number of hydrogen-bond acceptors (Lipinski definition) is 3. The highest BCUT2D eigenvalue weighted by atomic mass is 19.1. The predicted octanol–water partition coefficient (Wildman–Crippen LogP) is 3.07. The lowest BCUT2D eigenvalue weighted by atomic mass is 9.87. The van der Waals surface area contributed by atoms with Crippen molar-refractivity contribution < 1.29 is 14.4 Å². The zero-order valence-electron chi connectivity index (χ0n) is 14.7. The molecule has 2 N–H and O–H groups in total. The number of halogens is 1. The maximum absolute atomic E-state index is 14.0. The Hall–Kier alpha value is -2.99. The van der Waals surface area contributed by atoms with Crippen molar-refractivity contribution >= 4 is 5.91 Å². The topological polar surface area (TPSA) is 67.2 Å². The van der Waals surface area contributed by atoms with Gasteiger partial charge in [-0.25, -0.2) is 9.87 Å². The summed E-state index contributed by atoms with van der Waals surface area (Å²) in [6.07, 6.45) is 2.85. The number of carbonyl (C=O) groups excluding carboxylic acids is 1. The molecule has 138 valence electrons. The molecular weight excluding hydrogens is 345 g/mol. The summed E-state index contributed by atoms with van der Waals surface area (Å²) < 4.78 is 15.9. The van der Waals surface area contributed by atoms with Gasteiger partial charge >= 0.3 is 0 Å². The molecule has 0 saturated heterocycles. The van der Waals surface area contributed by atoms with Crippen LogP contribution >= 0.6 is 0 Å². The molecule has 5 nitrogen and oxygen atoms in total. The predicted molar refractivity (Wildman–Crippen MR) is 97.7 cm³/mol. The second kappa shape index (κ2) is 7.32. The van der Waals surface area contributed by atoms with Crippen molar-refractivity contribution in [3.63, 3.8) is 0 Å². The summed E-state index contributed by atoms with van der Waals surface area (Å²) in [6.45, 7) is 0.610. The van der Waals surface area contributed by atoms with Crippen molar-refractivity contribution in [2.45, 2.75) is 25.3 Å². The van der Waals surface area contributed by atoms with Crippen LogP contribution in [0.5, 0.6) is 0 Å². The molecule has 0 spiro atoms. The average molecular weight is 365 g/mol. The number of benzene rings is 2. The van der Waals surface area contributed by atoms with Gasteiger partial charge in [0.1, 0.15) is 5.82 Å². The molecule has 1 aliphatic carbocycles. The summed E-state index contributed by atoms with van der Waals surface area (Å²) in [5.74, 6) is -1.44. The van der Waals surface area contributed by atoms with Crippen LogP contribution in [0.3, 0.4) is 0 Å². The van der Waals surface area contributed by atoms with E-state index < -0.39 is 11.8 Å². The normalized spacial score (nSPS) is 18.3. The van der Waals surface area contributed by atoms with Crippen molar-refractivity contribution in [2.75, 3.05) is 0 Å². The van der Waals surface area contributed by atoms with Crippen molar-refractivity contribution in [2.24, 2.45) is 5.92 Å². The summed E-state index contributed by atoms with van der Waals surface area (Å²) in [4.78, 5) is 12.3. The van der Waals surface area contributed by atoms with Crippen LogP contribution in [0.25, 0.3) is 0 Å². The zero-order chi connectivity index (χ0) is 18.8. The van der Waals surface area contributed by atoms with E-state index in [1.165, 1.54) is 6.07 Å². The van der Waals surface area contributed by atoms with Crippen LogP contribution in [0.1, 0.15) is 28.3 Å². The monoisotopic (exact) mass is 365 g/mol. The third-order valence-electron chi connectivity index (χ3n) is 5.15. The lowest BCUT2D eigenvalue weighted by molar-refractivity contribution is -0.131. The van der Waals surface area contributed by atoms with Crippen LogP contribution in [0, 0.1) is 11.7 Å². The van der Waals surface area contributed by atoms with Gasteiger partial charge in [-0.05, 0) is 36.0 Å². The molecule has 6 heteroatoms. The molecule has 0 fully saturated rings. The molecular formula is C21H20FN3O2. The van der Waals surface area contributed by atoms with Crippen molar-refractivity contribution in [1.29, 1.82) is 0 Å². The van der Waals surface area contributed by atoms with E-state index in [9.17, 15) is 14.4 Å². The number of hydroxylamine groups is 1. The van der Waals surface area contributed by atoms with E-state index in [0.717, 1.165) is 16.8 Å². The maximum Gasteiger partial charge on any atom is 0.251 e. The number of amides is 1. The molecule has 1 heterocycles. The van der Waals surface area contributed by atoms with E-state index in [0.29, 0.717) is 24.9 Å². The Labute approximate surface area is 156 Å². The van der Waals surface area contributed by atoms with Gasteiger partial charge in [0.15, 0.2) is 0 Å². The molecule has 2 aromatic carbocycles. The highest BCUT2D eigenvalue weighted by Crippen LogP contribution is 2.39. The van der Waals surface area contributed by atoms with E-state index in [1.807, 2.05) is 41.2 Å². The van der Waals surface area contributed by atoms with Crippen molar-refractivity contribution in [3.05, 3.63) is 89.0 Å². The third-order valence-corrected chi connectivity index (χ3v) is 5.15. The fourth-order valence-electron chi connectivity index (χ4n) is 3.93. The van der Waals surface area contributed by atoms with E-state index in [4.69, 9.17) is 0 Å². The number of carbonyl (C=O) groups is 1. The molecule has 1 aliphatic rings.